The summed E-state index contributed by atoms with van der Waals surface area (Å²) in [5.74, 6) is 5.72. The van der Waals surface area contributed by atoms with Gasteiger partial charge < -0.3 is 5.32 Å². The monoisotopic (exact) mass is 253 g/mol. The Balaban J connectivity index is 2.64. The van der Waals surface area contributed by atoms with Crippen LogP contribution in [-0.4, -0.2) is 24.6 Å². The quantitative estimate of drug-likeness (QED) is 0.399. The lowest BCUT2D eigenvalue weighted by Gasteiger charge is -2.07. The maximum atomic E-state index is 11.5. The van der Waals surface area contributed by atoms with Crippen molar-refractivity contribution in [3.05, 3.63) is 35.4 Å². The van der Waals surface area contributed by atoms with Crippen LogP contribution in [0.4, 0.5) is 0 Å². The first kappa shape index (κ1) is 13.5. The van der Waals surface area contributed by atoms with Gasteiger partial charge in [-0.3, -0.25) is 15.0 Å². The third kappa shape index (κ3) is 4.08. The van der Waals surface area contributed by atoms with Crippen molar-refractivity contribution >= 4 is 23.6 Å². The molecule has 0 aromatic heterocycles. The zero-order valence-corrected chi connectivity index (χ0v) is 10.3. The third-order valence-electron chi connectivity index (χ3n) is 2.16. The Labute approximate surface area is 104 Å². The van der Waals surface area contributed by atoms with Crippen LogP contribution in [0.2, 0.25) is 0 Å². The summed E-state index contributed by atoms with van der Waals surface area (Å²) in [7, 11) is 1.60. The van der Waals surface area contributed by atoms with E-state index in [0.717, 1.165) is 5.56 Å². The molecule has 0 unspecified atom stereocenters. The number of benzene rings is 1. The molecule has 0 bridgehead atoms. The molecule has 0 spiro atoms. The minimum Gasteiger partial charge on any atom is -0.358 e. The average molecular weight is 253 g/mol. The van der Waals surface area contributed by atoms with Gasteiger partial charge in [0, 0.05) is 18.4 Å². The molecule has 2 amide bonds. The first-order valence-electron chi connectivity index (χ1n) is 5.06. The summed E-state index contributed by atoms with van der Waals surface area (Å²) in [6.45, 7) is 0. The number of nitrogen functional groups attached to an aromatic ring is 1. The van der Waals surface area contributed by atoms with Crippen molar-refractivity contribution in [3.63, 3.8) is 0 Å². The van der Waals surface area contributed by atoms with Crippen LogP contribution < -0.4 is 16.6 Å². The number of rotatable bonds is 5. The molecule has 1 aromatic rings. The summed E-state index contributed by atoms with van der Waals surface area (Å²) in [6.07, 6.45) is 0. The van der Waals surface area contributed by atoms with Gasteiger partial charge in [0.05, 0.1) is 5.75 Å². The van der Waals surface area contributed by atoms with Crippen LogP contribution >= 0.6 is 11.8 Å². The van der Waals surface area contributed by atoms with Crippen LogP contribution in [0.15, 0.2) is 24.3 Å². The predicted octanol–water partition coefficient (Wildman–Crippen LogP) is 0.269. The summed E-state index contributed by atoms with van der Waals surface area (Å²) in [5.41, 5.74) is 3.51. The van der Waals surface area contributed by atoms with Crippen LogP contribution in [0.3, 0.4) is 0 Å². The van der Waals surface area contributed by atoms with Gasteiger partial charge in [-0.15, -0.1) is 11.8 Å². The molecule has 0 aliphatic carbocycles. The summed E-state index contributed by atoms with van der Waals surface area (Å²) in [6, 6.07) is 7.18. The predicted molar refractivity (Wildman–Crippen MR) is 68.3 cm³/mol. The molecule has 1 aromatic carbocycles. The first-order valence-corrected chi connectivity index (χ1v) is 6.21. The molecule has 6 heteroatoms. The Morgan fingerprint density at radius 2 is 2.06 bits per heavy atom. The van der Waals surface area contributed by atoms with Crippen molar-refractivity contribution in [2.24, 2.45) is 5.84 Å². The van der Waals surface area contributed by atoms with Crippen LogP contribution in [0.25, 0.3) is 0 Å². The SMILES string of the molecule is CNC(=O)CSCc1ccccc1C(=O)NN. The lowest BCUT2D eigenvalue weighted by molar-refractivity contribution is -0.118. The Bertz CT molecular complexity index is 409. The molecule has 0 aliphatic heterocycles. The fourth-order valence-electron chi connectivity index (χ4n) is 1.27. The number of thioether (sulfide) groups is 1. The molecule has 1 rings (SSSR count). The molecule has 0 aliphatic rings. The number of hydrogen-bond donors (Lipinski definition) is 3. The number of carbonyl (C=O) groups excluding carboxylic acids is 2. The molecule has 0 saturated carbocycles. The molecule has 17 heavy (non-hydrogen) atoms. The molecule has 0 heterocycles. The molecule has 0 radical (unpaired) electrons. The van der Waals surface area contributed by atoms with E-state index in [1.807, 2.05) is 12.1 Å². The van der Waals surface area contributed by atoms with E-state index < -0.39 is 0 Å². The van der Waals surface area contributed by atoms with Crippen molar-refractivity contribution in [1.29, 1.82) is 0 Å². The molecule has 0 atom stereocenters. The van der Waals surface area contributed by atoms with E-state index in [-0.39, 0.29) is 11.8 Å². The highest BCUT2D eigenvalue weighted by Gasteiger charge is 2.09. The second-order valence-electron chi connectivity index (χ2n) is 3.30. The van der Waals surface area contributed by atoms with E-state index in [1.165, 1.54) is 11.8 Å². The van der Waals surface area contributed by atoms with Crippen molar-refractivity contribution in [1.82, 2.24) is 10.7 Å². The first-order chi connectivity index (χ1) is 8.19. The smallest absolute Gasteiger partial charge is 0.265 e. The number of hydrazine groups is 1. The lowest BCUT2D eigenvalue weighted by Crippen LogP contribution is -2.30. The summed E-state index contributed by atoms with van der Waals surface area (Å²) >= 11 is 1.45. The molecule has 5 nitrogen and oxygen atoms in total. The second-order valence-corrected chi connectivity index (χ2v) is 4.28. The zero-order valence-electron chi connectivity index (χ0n) is 9.53. The maximum absolute atomic E-state index is 11.5. The summed E-state index contributed by atoms with van der Waals surface area (Å²) < 4.78 is 0. The highest BCUT2D eigenvalue weighted by atomic mass is 32.2. The molecular weight excluding hydrogens is 238 g/mol. The van der Waals surface area contributed by atoms with Crippen molar-refractivity contribution < 1.29 is 9.59 Å². The fraction of sp³-hybridized carbons (Fsp3) is 0.273. The van der Waals surface area contributed by atoms with Crippen LogP contribution in [-0.2, 0) is 10.5 Å². The molecule has 92 valence electrons. The van der Waals surface area contributed by atoms with Gasteiger partial charge in [0.2, 0.25) is 5.91 Å². The fourth-order valence-corrected chi connectivity index (χ4v) is 2.17. The number of carbonyl (C=O) groups is 2. The number of amides is 2. The highest BCUT2D eigenvalue weighted by molar-refractivity contribution is 7.99. The molecule has 0 fully saturated rings. The standard InChI is InChI=1S/C11H15N3O2S/c1-13-10(15)7-17-6-8-4-2-3-5-9(8)11(16)14-12/h2-5H,6-7,12H2,1H3,(H,13,15)(H,14,16). The van der Waals surface area contributed by atoms with Gasteiger partial charge in [-0.25, -0.2) is 5.84 Å². The van der Waals surface area contributed by atoms with Crippen molar-refractivity contribution in [2.75, 3.05) is 12.8 Å². The van der Waals surface area contributed by atoms with Crippen LogP contribution in [0, 0.1) is 0 Å². The minimum atomic E-state index is -0.318. The molecule has 4 N–H and O–H groups in total. The lowest BCUT2D eigenvalue weighted by atomic mass is 10.1. The summed E-state index contributed by atoms with van der Waals surface area (Å²) in [5, 5.41) is 2.54. The van der Waals surface area contributed by atoms with Gasteiger partial charge in [0.15, 0.2) is 0 Å². The van der Waals surface area contributed by atoms with Gasteiger partial charge in [0.1, 0.15) is 0 Å². The molecule has 0 saturated heterocycles. The normalized spacial score (nSPS) is 9.76. The number of hydrogen-bond acceptors (Lipinski definition) is 4. The average Bonchev–Trinajstić information content (AvgIpc) is 2.38. The van der Waals surface area contributed by atoms with Gasteiger partial charge >= 0.3 is 0 Å². The van der Waals surface area contributed by atoms with Crippen LogP contribution in [0.1, 0.15) is 15.9 Å². The van der Waals surface area contributed by atoms with Gasteiger partial charge in [-0.2, -0.15) is 0 Å². The van der Waals surface area contributed by atoms with E-state index in [9.17, 15) is 9.59 Å². The highest BCUT2D eigenvalue weighted by Crippen LogP contribution is 2.16. The van der Waals surface area contributed by atoms with Gasteiger partial charge in [-0.05, 0) is 11.6 Å². The second kappa shape index (κ2) is 6.93. The Kier molecular flexibility index (Phi) is 5.51. The number of nitrogens with one attached hydrogen (secondary N) is 2. The third-order valence-corrected chi connectivity index (χ3v) is 3.14. The Morgan fingerprint density at radius 3 is 2.71 bits per heavy atom. The van der Waals surface area contributed by atoms with Crippen molar-refractivity contribution in [2.45, 2.75) is 5.75 Å². The largest absolute Gasteiger partial charge is 0.358 e. The summed E-state index contributed by atoms with van der Waals surface area (Å²) in [4.78, 5) is 22.5. The van der Waals surface area contributed by atoms with E-state index in [2.05, 4.69) is 10.7 Å². The van der Waals surface area contributed by atoms with E-state index in [1.54, 1.807) is 19.2 Å². The topological polar surface area (TPSA) is 84.2 Å². The van der Waals surface area contributed by atoms with E-state index >= 15 is 0 Å². The Hall–Kier alpha value is -1.53. The number of nitrogens with two attached hydrogens (primary N) is 1. The van der Waals surface area contributed by atoms with Gasteiger partial charge in [0.25, 0.3) is 5.91 Å². The van der Waals surface area contributed by atoms with E-state index in [4.69, 9.17) is 5.84 Å². The van der Waals surface area contributed by atoms with Gasteiger partial charge in [-0.1, -0.05) is 18.2 Å². The van der Waals surface area contributed by atoms with Crippen molar-refractivity contribution in [3.8, 4) is 0 Å². The van der Waals surface area contributed by atoms with E-state index in [0.29, 0.717) is 17.1 Å². The zero-order chi connectivity index (χ0) is 12.7. The van der Waals surface area contributed by atoms with Crippen LogP contribution in [0.5, 0.6) is 0 Å². The Morgan fingerprint density at radius 1 is 1.35 bits per heavy atom. The minimum absolute atomic E-state index is 0.0317. The molecular formula is C11H15N3O2S. The maximum Gasteiger partial charge on any atom is 0.265 e.